The van der Waals surface area contributed by atoms with E-state index in [1.165, 1.54) is 11.8 Å². The van der Waals surface area contributed by atoms with E-state index in [4.69, 9.17) is 9.15 Å². The number of nitrogens with one attached hydrogen (secondary N) is 3. The molecule has 8 nitrogen and oxygen atoms in total. The quantitative estimate of drug-likeness (QED) is 0.233. The van der Waals surface area contributed by atoms with Crippen molar-refractivity contribution in [2.24, 2.45) is 0 Å². The van der Waals surface area contributed by atoms with Crippen molar-refractivity contribution >= 4 is 40.2 Å². The molecule has 0 saturated heterocycles. The Kier molecular flexibility index (Phi) is 5.37. The summed E-state index contributed by atoms with van der Waals surface area (Å²) in [6.07, 6.45) is 2.57. The van der Waals surface area contributed by atoms with Crippen LogP contribution in [0.4, 0.5) is 5.69 Å². The molecule has 4 heterocycles. The Bertz CT molecular complexity index is 1590. The molecule has 0 spiro atoms. The normalized spacial score (nSPS) is 17.2. The van der Waals surface area contributed by atoms with Crippen LogP contribution in [0.2, 0.25) is 0 Å². The number of fused-ring (bicyclic) bond motifs is 2. The highest BCUT2D eigenvalue weighted by atomic mass is 32.2. The molecule has 36 heavy (non-hydrogen) atoms. The van der Waals surface area contributed by atoms with Crippen LogP contribution in [-0.2, 0) is 9.53 Å². The molecule has 0 fully saturated rings. The van der Waals surface area contributed by atoms with Crippen LogP contribution in [0.1, 0.15) is 53.1 Å². The molecule has 4 aromatic rings. The van der Waals surface area contributed by atoms with Gasteiger partial charge < -0.3 is 24.4 Å². The Balaban J connectivity index is 1.39. The van der Waals surface area contributed by atoms with Gasteiger partial charge >= 0.3 is 5.97 Å². The number of ketones is 1. The van der Waals surface area contributed by atoms with Crippen molar-refractivity contribution in [3.05, 3.63) is 82.5 Å². The van der Waals surface area contributed by atoms with Gasteiger partial charge in [-0.3, -0.25) is 4.79 Å². The highest BCUT2D eigenvalue weighted by Gasteiger charge is 2.40. The summed E-state index contributed by atoms with van der Waals surface area (Å²) in [5, 5.41) is 4.69. The molecule has 2 aliphatic rings. The number of benzene rings is 1. The maximum absolute atomic E-state index is 13.2. The fourth-order valence-corrected chi connectivity index (χ4v) is 5.66. The third-order valence-corrected chi connectivity index (χ3v) is 7.24. The fourth-order valence-electron chi connectivity index (χ4n) is 4.89. The molecule has 3 N–H and O–H groups in total. The Morgan fingerprint density at radius 2 is 2.14 bits per heavy atom. The Morgan fingerprint density at radius 1 is 1.28 bits per heavy atom. The number of hydrogen-bond donors (Lipinski definition) is 3. The van der Waals surface area contributed by atoms with E-state index in [-0.39, 0.29) is 12.4 Å². The molecule has 0 saturated carbocycles. The van der Waals surface area contributed by atoms with Gasteiger partial charge in [0, 0.05) is 35.9 Å². The summed E-state index contributed by atoms with van der Waals surface area (Å²) in [7, 11) is 0. The standard InChI is InChI=1S/C27H24N4O4S/c1-4-34-26(33)25-24-15(12-28-25)22(23-18(29-24)10-14(3)11-19(23)32)20-7-8-21(35-20)36-27-30-16-6-5-13(2)9-17(16)31-27/h5-9,12,22,28-29H,3-4,10-11H2,1-2H3,(H,30,31). The molecular weight excluding hydrogens is 476 g/mol. The van der Waals surface area contributed by atoms with Crippen LogP contribution >= 0.6 is 11.8 Å². The minimum Gasteiger partial charge on any atom is -0.461 e. The molecule has 1 unspecified atom stereocenters. The van der Waals surface area contributed by atoms with Crippen LogP contribution in [0, 0.1) is 6.92 Å². The third kappa shape index (κ3) is 3.76. The van der Waals surface area contributed by atoms with Gasteiger partial charge in [-0.1, -0.05) is 18.2 Å². The molecule has 1 aliphatic heterocycles. The van der Waals surface area contributed by atoms with Crippen molar-refractivity contribution in [2.75, 3.05) is 11.9 Å². The van der Waals surface area contributed by atoms with E-state index in [9.17, 15) is 9.59 Å². The van der Waals surface area contributed by atoms with Crippen LogP contribution in [0.5, 0.6) is 0 Å². The second-order valence-electron chi connectivity index (χ2n) is 9.01. The number of esters is 1. The molecule has 0 bridgehead atoms. The van der Waals surface area contributed by atoms with E-state index >= 15 is 0 Å². The number of imidazole rings is 1. The lowest BCUT2D eigenvalue weighted by Gasteiger charge is -2.32. The molecule has 182 valence electrons. The SMILES string of the molecule is C=C1CC(=O)C2=C(C1)Nc1c(c[nH]c1C(=O)OCC)C2c1ccc(Sc2nc3cc(C)ccc3[nH]2)o1. The molecular formula is C27H24N4O4S. The number of anilines is 1. The van der Waals surface area contributed by atoms with E-state index in [1.54, 1.807) is 13.1 Å². The number of furan rings is 1. The number of Topliss-reactive ketones (excluding diaryl/α,β-unsaturated/α-hetero) is 1. The van der Waals surface area contributed by atoms with Gasteiger partial charge in [0.2, 0.25) is 0 Å². The zero-order valence-electron chi connectivity index (χ0n) is 19.9. The lowest BCUT2D eigenvalue weighted by molar-refractivity contribution is -0.115. The average molecular weight is 501 g/mol. The zero-order valence-corrected chi connectivity index (χ0v) is 20.7. The molecule has 6 rings (SSSR count). The molecule has 1 aliphatic carbocycles. The van der Waals surface area contributed by atoms with Crippen molar-refractivity contribution in [1.29, 1.82) is 0 Å². The second-order valence-corrected chi connectivity index (χ2v) is 10.0. The maximum Gasteiger partial charge on any atom is 0.356 e. The predicted octanol–water partition coefficient (Wildman–Crippen LogP) is 5.85. The lowest BCUT2D eigenvalue weighted by atomic mass is 9.77. The smallest absolute Gasteiger partial charge is 0.356 e. The maximum atomic E-state index is 13.2. The van der Waals surface area contributed by atoms with Gasteiger partial charge in [0.1, 0.15) is 11.5 Å². The van der Waals surface area contributed by atoms with Crippen molar-refractivity contribution < 1.29 is 18.7 Å². The average Bonchev–Trinajstić information content (AvgIpc) is 3.55. The topological polar surface area (TPSA) is 113 Å². The minimum absolute atomic E-state index is 0.00143. The first-order valence-corrected chi connectivity index (χ1v) is 12.5. The third-order valence-electron chi connectivity index (χ3n) is 6.43. The largest absolute Gasteiger partial charge is 0.461 e. The fraction of sp³-hybridized carbons (Fsp3) is 0.222. The number of aryl methyl sites for hydroxylation is 1. The van der Waals surface area contributed by atoms with Crippen molar-refractivity contribution in [1.82, 2.24) is 15.0 Å². The highest BCUT2D eigenvalue weighted by Crippen LogP contribution is 2.48. The van der Waals surface area contributed by atoms with Gasteiger partial charge in [0.15, 0.2) is 16.0 Å². The monoisotopic (exact) mass is 500 g/mol. The van der Waals surface area contributed by atoms with Crippen LogP contribution in [0.3, 0.4) is 0 Å². The summed E-state index contributed by atoms with van der Waals surface area (Å²) in [6, 6.07) is 9.84. The number of H-pyrrole nitrogens is 2. The second kappa shape index (κ2) is 8.60. The lowest BCUT2D eigenvalue weighted by Crippen LogP contribution is -2.27. The minimum atomic E-state index is -0.455. The molecule has 1 aromatic carbocycles. The molecule has 3 aromatic heterocycles. The number of aromatic nitrogens is 3. The number of allylic oxidation sites excluding steroid dienone is 2. The summed E-state index contributed by atoms with van der Waals surface area (Å²) >= 11 is 1.39. The number of aromatic amines is 2. The van der Waals surface area contributed by atoms with Crippen LogP contribution in [0.15, 0.2) is 74.6 Å². The molecule has 9 heteroatoms. The Hall–Kier alpha value is -3.98. The summed E-state index contributed by atoms with van der Waals surface area (Å²) in [4.78, 5) is 36.8. The number of hydrogen-bond acceptors (Lipinski definition) is 7. The van der Waals surface area contributed by atoms with Crippen LogP contribution < -0.4 is 5.32 Å². The number of carbonyl (C=O) groups excluding carboxylic acids is 2. The number of carbonyl (C=O) groups is 2. The van der Waals surface area contributed by atoms with E-state index in [0.29, 0.717) is 40.6 Å². The first-order valence-electron chi connectivity index (χ1n) is 11.7. The summed E-state index contributed by atoms with van der Waals surface area (Å²) in [5.41, 5.74) is 6.93. The van der Waals surface area contributed by atoms with E-state index in [0.717, 1.165) is 38.6 Å². The van der Waals surface area contributed by atoms with Gasteiger partial charge in [-0.15, -0.1) is 0 Å². The zero-order chi connectivity index (χ0) is 25.0. The molecule has 0 radical (unpaired) electrons. The molecule has 1 atom stereocenters. The van der Waals surface area contributed by atoms with Gasteiger partial charge in [-0.25, -0.2) is 9.78 Å². The van der Waals surface area contributed by atoms with E-state index < -0.39 is 11.9 Å². The summed E-state index contributed by atoms with van der Waals surface area (Å²) < 4.78 is 11.5. The highest BCUT2D eigenvalue weighted by molar-refractivity contribution is 7.99. The Labute approximate surface area is 211 Å². The van der Waals surface area contributed by atoms with E-state index in [1.807, 2.05) is 37.3 Å². The van der Waals surface area contributed by atoms with Gasteiger partial charge in [-0.05, 0) is 55.4 Å². The number of ether oxygens (including phenoxy) is 1. The summed E-state index contributed by atoms with van der Waals surface area (Å²) in [5.74, 6) is -0.286. The first-order chi connectivity index (χ1) is 17.4. The van der Waals surface area contributed by atoms with Crippen LogP contribution in [-0.4, -0.2) is 33.3 Å². The predicted molar refractivity (Wildman–Crippen MR) is 136 cm³/mol. The van der Waals surface area contributed by atoms with Gasteiger partial charge in [0.05, 0.1) is 29.2 Å². The van der Waals surface area contributed by atoms with E-state index in [2.05, 4.69) is 26.8 Å². The van der Waals surface area contributed by atoms with Gasteiger partial charge in [-0.2, -0.15) is 0 Å². The van der Waals surface area contributed by atoms with Crippen molar-refractivity contribution in [2.45, 2.75) is 42.9 Å². The number of nitrogens with zero attached hydrogens (tertiary/aromatic N) is 1. The van der Waals surface area contributed by atoms with Crippen molar-refractivity contribution in [3.8, 4) is 0 Å². The summed E-state index contributed by atoms with van der Waals surface area (Å²) in [6.45, 7) is 8.09. The van der Waals surface area contributed by atoms with Crippen LogP contribution in [0.25, 0.3) is 11.0 Å². The first kappa shape index (κ1) is 22.5. The Morgan fingerprint density at radius 3 is 2.97 bits per heavy atom. The van der Waals surface area contributed by atoms with Gasteiger partial charge in [0.25, 0.3) is 0 Å². The number of rotatable bonds is 5. The molecule has 0 amide bonds. The van der Waals surface area contributed by atoms with Crippen molar-refractivity contribution in [3.63, 3.8) is 0 Å².